The molecule has 0 saturated heterocycles. The summed E-state index contributed by atoms with van der Waals surface area (Å²) in [6.07, 6.45) is 8.52. The smallest absolute Gasteiger partial charge is 0.252 e. The molecular formula is C21H27ClFN5O2S. The van der Waals surface area contributed by atoms with Gasteiger partial charge in [0, 0.05) is 32.0 Å². The lowest BCUT2D eigenvalue weighted by molar-refractivity contribution is -0.120. The van der Waals surface area contributed by atoms with Crippen LogP contribution in [0.15, 0.2) is 23.4 Å². The summed E-state index contributed by atoms with van der Waals surface area (Å²) in [5.74, 6) is -0.109. The summed E-state index contributed by atoms with van der Waals surface area (Å²) in [5.41, 5.74) is 0.180. The van der Waals surface area contributed by atoms with Crippen molar-refractivity contribution in [2.24, 2.45) is 0 Å². The molecule has 0 atom stereocenters. The van der Waals surface area contributed by atoms with Crippen molar-refractivity contribution in [1.29, 1.82) is 0 Å². The van der Waals surface area contributed by atoms with Gasteiger partial charge in [-0.2, -0.15) is 0 Å². The average Bonchev–Trinajstić information content (AvgIpc) is 3.40. The molecule has 31 heavy (non-hydrogen) atoms. The van der Waals surface area contributed by atoms with Crippen LogP contribution in [0.5, 0.6) is 0 Å². The Morgan fingerprint density at radius 2 is 2.00 bits per heavy atom. The number of aryl methyl sites for hydroxylation is 1. The summed E-state index contributed by atoms with van der Waals surface area (Å²) >= 11 is 7.49. The molecule has 1 aromatic heterocycles. The van der Waals surface area contributed by atoms with E-state index in [1.165, 1.54) is 37.8 Å². The second kappa shape index (κ2) is 11.5. The topological polar surface area (TPSA) is 88.9 Å². The van der Waals surface area contributed by atoms with E-state index in [2.05, 4.69) is 25.4 Å². The molecule has 0 radical (unpaired) electrons. The van der Waals surface area contributed by atoms with Crippen LogP contribution in [-0.2, 0) is 11.2 Å². The number of thioether (sulfide) groups is 1. The number of hydrogen-bond donors (Lipinski definition) is 2. The number of rotatable bonds is 10. The van der Waals surface area contributed by atoms with Crippen molar-refractivity contribution in [3.63, 3.8) is 0 Å². The van der Waals surface area contributed by atoms with Gasteiger partial charge in [0.2, 0.25) is 5.91 Å². The highest BCUT2D eigenvalue weighted by Gasteiger charge is 2.23. The van der Waals surface area contributed by atoms with E-state index in [0.29, 0.717) is 12.6 Å². The molecule has 1 aliphatic rings. The van der Waals surface area contributed by atoms with Crippen LogP contribution in [0.2, 0.25) is 5.02 Å². The van der Waals surface area contributed by atoms with Crippen LogP contribution >= 0.6 is 23.4 Å². The largest absolute Gasteiger partial charge is 0.356 e. The molecule has 168 valence electrons. The Balaban J connectivity index is 1.37. The van der Waals surface area contributed by atoms with E-state index < -0.39 is 11.7 Å². The van der Waals surface area contributed by atoms with Gasteiger partial charge in [0.05, 0.1) is 10.6 Å². The highest BCUT2D eigenvalue weighted by molar-refractivity contribution is 7.98. The standard InChI is InChI=1S/C21H27ClFN5O2S/c1-31-21-27-26-18(28(21)15-5-2-3-6-15)7-4-11-24-19(29)10-12-25-20(30)16-9-8-14(23)13-17(16)22/h8-9,13,15H,2-7,10-12H2,1H3,(H,24,29)(H,25,30). The van der Waals surface area contributed by atoms with Crippen LogP contribution in [0.3, 0.4) is 0 Å². The van der Waals surface area contributed by atoms with Gasteiger partial charge in [0.15, 0.2) is 5.16 Å². The van der Waals surface area contributed by atoms with Crippen molar-refractivity contribution >= 4 is 35.2 Å². The normalized spacial score (nSPS) is 14.0. The van der Waals surface area contributed by atoms with E-state index >= 15 is 0 Å². The monoisotopic (exact) mass is 467 g/mol. The number of nitrogens with zero attached hydrogens (tertiary/aromatic N) is 3. The van der Waals surface area contributed by atoms with Gasteiger partial charge in [0.25, 0.3) is 5.91 Å². The van der Waals surface area contributed by atoms with Gasteiger partial charge in [0.1, 0.15) is 11.6 Å². The first-order chi connectivity index (χ1) is 15.0. The lowest BCUT2D eigenvalue weighted by atomic mass is 10.2. The molecule has 0 unspecified atom stereocenters. The van der Waals surface area contributed by atoms with Crippen LogP contribution < -0.4 is 10.6 Å². The van der Waals surface area contributed by atoms with E-state index in [-0.39, 0.29) is 29.5 Å². The average molecular weight is 468 g/mol. The third kappa shape index (κ3) is 6.43. The molecule has 3 rings (SSSR count). The zero-order chi connectivity index (χ0) is 22.2. The molecule has 0 bridgehead atoms. The first-order valence-corrected chi connectivity index (χ1v) is 12.1. The summed E-state index contributed by atoms with van der Waals surface area (Å²) in [5, 5.41) is 15.2. The Hall–Kier alpha value is -2.13. The van der Waals surface area contributed by atoms with E-state index in [0.717, 1.165) is 29.9 Å². The maximum absolute atomic E-state index is 13.1. The van der Waals surface area contributed by atoms with Gasteiger partial charge in [-0.3, -0.25) is 9.59 Å². The molecule has 1 aromatic carbocycles. The second-order valence-corrected chi connectivity index (χ2v) is 8.68. The molecule has 2 aromatic rings. The van der Waals surface area contributed by atoms with Crippen molar-refractivity contribution in [2.75, 3.05) is 19.3 Å². The van der Waals surface area contributed by atoms with Crippen LogP contribution in [0.1, 0.15) is 60.7 Å². The molecule has 2 N–H and O–H groups in total. The maximum atomic E-state index is 13.1. The number of carbonyl (C=O) groups is 2. The number of carbonyl (C=O) groups excluding carboxylic acids is 2. The lowest BCUT2D eigenvalue weighted by Gasteiger charge is -2.16. The SMILES string of the molecule is CSc1nnc(CCCNC(=O)CCNC(=O)c2ccc(F)cc2Cl)n1C1CCCC1. The predicted molar refractivity (Wildman–Crippen MR) is 119 cm³/mol. The second-order valence-electron chi connectivity index (χ2n) is 7.49. The fourth-order valence-corrected chi connectivity index (χ4v) is 4.59. The highest BCUT2D eigenvalue weighted by Crippen LogP contribution is 2.33. The van der Waals surface area contributed by atoms with Gasteiger partial charge < -0.3 is 15.2 Å². The summed E-state index contributed by atoms with van der Waals surface area (Å²) in [6, 6.07) is 4.06. The Labute approximate surface area is 190 Å². The fraction of sp³-hybridized carbons (Fsp3) is 0.524. The molecule has 1 aliphatic carbocycles. The summed E-state index contributed by atoms with van der Waals surface area (Å²) in [4.78, 5) is 24.1. The quantitative estimate of drug-likeness (QED) is 0.410. The molecule has 2 amide bonds. The van der Waals surface area contributed by atoms with E-state index in [9.17, 15) is 14.0 Å². The summed E-state index contributed by atoms with van der Waals surface area (Å²) < 4.78 is 15.3. The summed E-state index contributed by atoms with van der Waals surface area (Å²) in [7, 11) is 0. The van der Waals surface area contributed by atoms with Gasteiger partial charge in [-0.15, -0.1) is 10.2 Å². The van der Waals surface area contributed by atoms with E-state index in [1.807, 2.05) is 6.26 Å². The molecule has 1 saturated carbocycles. The number of halogens is 2. The number of nitrogens with one attached hydrogen (secondary N) is 2. The number of aromatic nitrogens is 3. The minimum atomic E-state index is -0.507. The van der Waals surface area contributed by atoms with Gasteiger partial charge >= 0.3 is 0 Å². The van der Waals surface area contributed by atoms with Crippen LogP contribution in [0.4, 0.5) is 4.39 Å². The predicted octanol–water partition coefficient (Wildman–Crippen LogP) is 3.78. The molecule has 7 nitrogen and oxygen atoms in total. The molecule has 1 fully saturated rings. The van der Waals surface area contributed by atoms with Crippen molar-refractivity contribution in [3.05, 3.63) is 40.4 Å². The Bertz CT molecular complexity index is 917. The Morgan fingerprint density at radius 1 is 1.23 bits per heavy atom. The van der Waals surface area contributed by atoms with Crippen molar-refractivity contribution in [3.8, 4) is 0 Å². The van der Waals surface area contributed by atoms with Crippen LogP contribution in [-0.4, -0.2) is 45.9 Å². The number of hydrogen-bond acceptors (Lipinski definition) is 5. The molecule has 0 spiro atoms. The third-order valence-electron chi connectivity index (χ3n) is 5.32. The first kappa shape index (κ1) is 23.5. The van der Waals surface area contributed by atoms with E-state index in [4.69, 9.17) is 11.6 Å². The Morgan fingerprint density at radius 3 is 2.71 bits per heavy atom. The van der Waals surface area contributed by atoms with Crippen molar-refractivity contribution in [1.82, 2.24) is 25.4 Å². The lowest BCUT2D eigenvalue weighted by Crippen LogP contribution is -2.31. The highest BCUT2D eigenvalue weighted by atomic mass is 35.5. The van der Waals surface area contributed by atoms with Gasteiger partial charge in [-0.25, -0.2) is 4.39 Å². The van der Waals surface area contributed by atoms with Crippen molar-refractivity contribution in [2.45, 2.75) is 56.1 Å². The molecule has 1 heterocycles. The van der Waals surface area contributed by atoms with Crippen LogP contribution in [0, 0.1) is 5.82 Å². The molecular weight excluding hydrogens is 441 g/mol. The van der Waals surface area contributed by atoms with Crippen LogP contribution in [0.25, 0.3) is 0 Å². The minimum Gasteiger partial charge on any atom is -0.356 e. The number of amides is 2. The minimum absolute atomic E-state index is 0.0389. The molecule has 10 heteroatoms. The Kier molecular flexibility index (Phi) is 8.71. The molecule has 0 aliphatic heterocycles. The van der Waals surface area contributed by atoms with Crippen molar-refractivity contribution < 1.29 is 14.0 Å². The fourth-order valence-electron chi connectivity index (χ4n) is 3.77. The zero-order valence-electron chi connectivity index (χ0n) is 17.5. The van der Waals surface area contributed by atoms with Gasteiger partial charge in [-0.05, 0) is 43.7 Å². The first-order valence-electron chi connectivity index (χ1n) is 10.5. The summed E-state index contributed by atoms with van der Waals surface area (Å²) in [6.45, 7) is 0.703. The maximum Gasteiger partial charge on any atom is 0.252 e. The van der Waals surface area contributed by atoms with E-state index in [1.54, 1.807) is 11.8 Å². The van der Waals surface area contributed by atoms with Gasteiger partial charge in [-0.1, -0.05) is 36.2 Å². The number of benzene rings is 1. The third-order valence-corrected chi connectivity index (χ3v) is 6.28. The zero-order valence-corrected chi connectivity index (χ0v) is 19.1.